The second-order valence-electron chi connectivity index (χ2n) is 8.65. The number of anilines is 1. The van der Waals surface area contributed by atoms with Crippen LogP contribution in [0.5, 0.6) is 0 Å². The predicted octanol–water partition coefficient (Wildman–Crippen LogP) is 7.64. The zero-order chi connectivity index (χ0) is 24.9. The van der Waals surface area contributed by atoms with Crippen molar-refractivity contribution in [2.45, 2.75) is 33.9 Å². The fraction of sp³-hybridized carbons (Fsp3) is 0.240. The Morgan fingerprint density at radius 2 is 1.86 bits per heavy atom. The Morgan fingerprint density at radius 3 is 2.57 bits per heavy atom. The first-order valence-electron chi connectivity index (χ1n) is 10.9. The number of rotatable bonds is 5. The van der Waals surface area contributed by atoms with Crippen molar-refractivity contribution in [2.75, 3.05) is 5.32 Å². The van der Waals surface area contributed by atoms with Crippen LogP contribution >= 0.6 is 46.6 Å². The highest BCUT2D eigenvalue weighted by Crippen LogP contribution is 2.58. The Balaban J connectivity index is 1.58. The van der Waals surface area contributed by atoms with Gasteiger partial charge in [0.15, 0.2) is 0 Å². The molecule has 0 spiro atoms. The average molecular weight is 550 g/mol. The van der Waals surface area contributed by atoms with Crippen molar-refractivity contribution in [1.82, 2.24) is 0 Å². The van der Waals surface area contributed by atoms with E-state index in [1.807, 2.05) is 6.07 Å². The molecule has 0 aromatic heterocycles. The smallest absolute Gasteiger partial charge is 0.335 e. The van der Waals surface area contributed by atoms with E-state index in [4.69, 9.17) is 34.8 Å². The van der Waals surface area contributed by atoms with Gasteiger partial charge in [-0.25, -0.2) is 4.79 Å². The quantitative estimate of drug-likeness (QED) is 0.193. The van der Waals surface area contributed by atoms with Gasteiger partial charge < -0.3 is 10.4 Å². The summed E-state index contributed by atoms with van der Waals surface area (Å²) in [6.45, 7) is 0. The summed E-state index contributed by atoms with van der Waals surface area (Å²) >= 11 is 21.2. The van der Waals surface area contributed by atoms with Crippen LogP contribution in [0.1, 0.15) is 39.9 Å². The molecule has 10 heteroatoms. The van der Waals surface area contributed by atoms with E-state index < -0.39 is 5.97 Å². The minimum Gasteiger partial charge on any atom is -0.478 e. The Hall–Kier alpha value is -2.45. The Kier molecular flexibility index (Phi) is 6.61. The van der Waals surface area contributed by atoms with Crippen molar-refractivity contribution in [3.63, 3.8) is 0 Å². The number of nitro groups is 1. The number of alkyl halides is 1. The molecule has 3 aromatic carbocycles. The van der Waals surface area contributed by atoms with Gasteiger partial charge >= 0.3 is 5.97 Å². The summed E-state index contributed by atoms with van der Waals surface area (Å²) in [4.78, 5) is 23.4. The lowest BCUT2D eigenvalue weighted by Gasteiger charge is -2.38. The van der Waals surface area contributed by atoms with E-state index in [1.165, 1.54) is 17.8 Å². The van der Waals surface area contributed by atoms with E-state index in [1.54, 1.807) is 48.5 Å². The van der Waals surface area contributed by atoms with Gasteiger partial charge in [0.1, 0.15) is 0 Å². The SMILES string of the molecule is O=C(O)c1ccc2c(c1)[C@H]1[C@@H](Cl)[C@@H](Sc3ccccc3[N+](=O)[O-])C[C@@H]1[C@H](c1ccc(Cl)cc1Cl)N2. The van der Waals surface area contributed by atoms with E-state index in [-0.39, 0.29) is 44.7 Å². The Morgan fingerprint density at radius 1 is 1.09 bits per heavy atom. The predicted molar refractivity (Wildman–Crippen MR) is 139 cm³/mol. The fourth-order valence-corrected chi connectivity index (χ4v) is 7.65. The maximum absolute atomic E-state index is 11.7. The van der Waals surface area contributed by atoms with Crippen molar-refractivity contribution >= 4 is 63.9 Å². The number of hydrogen-bond donors (Lipinski definition) is 2. The number of thioether (sulfide) groups is 1. The molecule has 1 fully saturated rings. The molecule has 1 saturated carbocycles. The summed E-state index contributed by atoms with van der Waals surface area (Å²) in [5.41, 5.74) is 2.74. The van der Waals surface area contributed by atoms with Crippen LogP contribution < -0.4 is 5.32 Å². The van der Waals surface area contributed by atoms with Crippen LogP contribution in [0.4, 0.5) is 11.4 Å². The van der Waals surface area contributed by atoms with E-state index in [9.17, 15) is 20.0 Å². The molecule has 35 heavy (non-hydrogen) atoms. The Bertz CT molecular complexity index is 1340. The molecule has 3 aromatic rings. The molecule has 2 N–H and O–H groups in total. The number of fused-ring (bicyclic) bond motifs is 3. The number of benzene rings is 3. The van der Waals surface area contributed by atoms with Gasteiger partial charge in [0.05, 0.1) is 26.8 Å². The van der Waals surface area contributed by atoms with Crippen molar-refractivity contribution < 1.29 is 14.8 Å². The minimum atomic E-state index is -1.01. The molecule has 1 aliphatic heterocycles. The highest BCUT2D eigenvalue weighted by molar-refractivity contribution is 8.00. The molecule has 5 atom stereocenters. The van der Waals surface area contributed by atoms with E-state index in [0.717, 1.165) is 16.8 Å². The zero-order valence-electron chi connectivity index (χ0n) is 18.0. The summed E-state index contributed by atoms with van der Waals surface area (Å²) in [5, 5.41) is 25.2. The topological polar surface area (TPSA) is 92.5 Å². The van der Waals surface area contributed by atoms with Crippen LogP contribution in [0, 0.1) is 16.0 Å². The van der Waals surface area contributed by atoms with Crippen LogP contribution in [0.2, 0.25) is 10.0 Å². The third-order valence-corrected chi connectivity index (χ3v) is 9.37. The number of carboxylic acid groups (broad SMARTS) is 1. The largest absolute Gasteiger partial charge is 0.478 e. The lowest BCUT2D eigenvalue weighted by atomic mass is 9.77. The number of nitrogens with one attached hydrogen (secondary N) is 1. The fourth-order valence-electron chi connectivity index (χ4n) is 5.18. The van der Waals surface area contributed by atoms with Gasteiger partial charge in [0.25, 0.3) is 5.69 Å². The van der Waals surface area contributed by atoms with Gasteiger partial charge in [-0.05, 0) is 59.9 Å². The van der Waals surface area contributed by atoms with Crippen molar-refractivity contribution in [2.24, 2.45) is 5.92 Å². The maximum Gasteiger partial charge on any atom is 0.335 e. The molecule has 1 aliphatic carbocycles. The highest BCUT2D eigenvalue weighted by atomic mass is 35.5. The third kappa shape index (κ3) is 4.47. The molecule has 0 bridgehead atoms. The molecule has 6 nitrogen and oxygen atoms in total. The van der Waals surface area contributed by atoms with Gasteiger partial charge in [-0.2, -0.15) is 0 Å². The van der Waals surface area contributed by atoms with E-state index >= 15 is 0 Å². The van der Waals surface area contributed by atoms with Crippen LogP contribution in [-0.2, 0) is 0 Å². The number of nitrogens with zero attached hydrogens (tertiary/aromatic N) is 1. The molecule has 180 valence electrons. The molecule has 0 unspecified atom stereocenters. The minimum absolute atomic E-state index is 0.0204. The summed E-state index contributed by atoms with van der Waals surface area (Å²) < 4.78 is 0. The molecule has 1 heterocycles. The number of aromatic carboxylic acids is 1. The molecule has 0 amide bonds. The normalized spacial score (nSPS) is 24.8. The molecule has 2 aliphatic rings. The number of carboxylic acids is 1. The van der Waals surface area contributed by atoms with E-state index in [0.29, 0.717) is 21.4 Å². The van der Waals surface area contributed by atoms with Gasteiger partial charge in [0.2, 0.25) is 0 Å². The van der Waals surface area contributed by atoms with Gasteiger partial charge in [-0.1, -0.05) is 41.4 Å². The lowest BCUT2D eigenvalue weighted by molar-refractivity contribution is -0.387. The van der Waals surface area contributed by atoms with Gasteiger partial charge in [-0.3, -0.25) is 10.1 Å². The second kappa shape index (κ2) is 9.54. The zero-order valence-corrected chi connectivity index (χ0v) is 21.1. The highest BCUT2D eigenvalue weighted by Gasteiger charge is 2.50. The van der Waals surface area contributed by atoms with Crippen molar-refractivity contribution in [3.8, 4) is 0 Å². The molecule has 0 saturated heterocycles. The number of hydrogen-bond acceptors (Lipinski definition) is 5. The number of halogens is 3. The number of carbonyl (C=O) groups is 1. The summed E-state index contributed by atoms with van der Waals surface area (Å²) in [7, 11) is 0. The first-order chi connectivity index (χ1) is 16.7. The molecule has 5 rings (SSSR count). The summed E-state index contributed by atoms with van der Waals surface area (Å²) in [6, 6.07) is 16.8. The van der Waals surface area contributed by atoms with E-state index in [2.05, 4.69) is 5.32 Å². The number of nitro benzene ring substituents is 1. The second-order valence-corrected chi connectivity index (χ2v) is 11.3. The van der Waals surface area contributed by atoms with Gasteiger partial charge in [-0.15, -0.1) is 23.4 Å². The molecular weight excluding hydrogens is 531 g/mol. The third-order valence-electron chi connectivity index (χ3n) is 6.70. The molecular formula is C25H19Cl3N2O4S. The summed E-state index contributed by atoms with van der Waals surface area (Å²) in [5.74, 6) is -1.21. The van der Waals surface area contributed by atoms with Crippen LogP contribution in [0.15, 0.2) is 65.6 Å². The lowest BCUT2D eigenvalue weighted by Crippen LogP contribution is -2.31. The maximum atomic E-state index is 11.7. The first-order valence-corrected chi connectivity index (χ1v) is 12.9. The summed E-state index contributed by atoms with van der Waals surface area (Å²) in [6.07, 6.45) is 0.656. The molecule has 0 radical (unpaired) electrons. The standard InChI is InChI=1S/C25H19Cl3N2O4S/c26-13-6-7-14(17(27)10-13)24-16-11-21(35-20-4-2-1-3-19(20)30(33)34)23(28)22(16)15-9-12(25(31)32)5-8-18(15)29-24/h1-10,16,21-24,29H,11H2,(H,31,32)/t16-,21-,22+,23-,24-/m0/s1. The Labute approximate surface area is 220 Å². The van der Waals surface area contributed by atoms with Crippen LogP contribution in [-0.4, -0.2) is 26.6 Å². The van der Waals surface area contributed by atoms with Crippen molar-refractivity contribution in [3.05, 3.63) is 97.5 Å². The van der Waals surface area contributed by atoms with Crippen LogP contribution in [0.25, 0.3) is 0 Å². The monoisotopic (exact) mass is 548 g/mol. The number of para-hydroxylation sites is 1. The first kappa shape index (κ1) is 24.3. The average Bonchev–Trinajstić information content (AvgIpc) is 3.15. The van der Waals surface area contributed by atoms with Crippen LogP contribution in [0.3, 0.4) is 0 Å². The van der Waals surface area contributed by atoms with Gasteiger partial charge in [0, 0.05) is 33.0 Å². The van der Waals surface area contributed by atoms with Crippen molar-refractivity contribution in [1.29, 1.82) is 0 Å².